The van der Waals surface area contributed by atoms with Gasteiger partial charge in [0, 0.05) is 18.6 Å². The maximum absolute atomic E-state index is 12.5. The van der Waals surface area contributed by atoms with Crippen molar-refractivity contribution in [2.75, 3.05) is 0 Å². The second-order valence-corrected chi connectivity index (χ2v) is 4.08. The number of fused-ring (bicyclic) bond motifs is 1. The van der Waals surface area contributed by atoms with Crippen LogP contribution in [0, 0.1) is 0 Å². The maximum atomic E-state index is 12.5. The molecule has 0 N–H and O–H groups in total. The van der Waals surface area contributed by atoms with Gasteiger partial charge in [-0.25, -0.2) is 4.98 Å². The van der Waals surface area contributed by atoms with Crippen LogP contribution in [-0.2, 0) is 19.6 Å². The summed E-state index contributed by atoms with van der Waals surface area (Å²) in [5.74, 6) is 0. The number of hydrogen-bond donors (Lipinski definition) is 0. The molecule has 0 aromatic carbocycles. The summed E-state index contributed by atoms with van der Waals surface area (Å²) in [4.78, 5) is 3.69. The first-order valence-corrected chi connectivity index (χ1v) is 5.45. The summed E-state index contributed by atoms with van der Waals surface area (Å²) >= 11 is 0. The van der Waals surface area contributed by atoms with Crippen molar-refractivity contribution in [2.45, 2.75) is 25.9 Å². The third-order valence-corrected chi connectivity index (χ3v) is 2.71. The Morgan fingerprint density at radius 2 is 2.00 bits per heavy atom. The van der Waals surface area contributed by atoms with E-state index < -0.39 is 11.9 Å². The third-order valence-electron chi connectivity index (χ3n) is 2.71. The number of hydrogen-bond acceptors (Lipinski definition) is 1. The van der Waals surface area contributed by atoms with Crippen LogP contribution in [0.4, 0.5) is 13.2 Å². The highest BCUT2D eigenvalue weighted by molar-refractivity contribution is 5.80. The lowest BCUT2D eigenvalue weighted by molar-refractivity contribution is -0.141. The second-order valence-electron chi connectivity index (χ2n) is 4.08. The van der Waals surface area contributed by atoms with E-state index in [9.17, 15) is 13.2 Å². The minimum atomic E-state index is -4.39. The molecule has 0 amide bonds. The Balaban J connectivity index is 2.59. The van der Waals surface area contributed by atoms with Crippen LogP contribution in [-0.4, -0.2) is 9.55 Å². The van der Waals surface area contributed by atoms with Gasteiger partial charge in [-0.15, -0.1) is 0 Å². The first kappa shape index (κ1) is 12.0. The van der Waals surface area contributed by atoms with Gasteiger partial charge < -0.3 is 4.57 Å². The molecule has 0 saturated heterocycles. The monoisotopic (exact) mass is 242 g/mol. The van der Waals surface area contributed by atoms with Gasteiger partial charge in [0.15, 0.2) is 0 Å². The Hall–Kier alpha value is -1.52. The molecule has 0 spiro atoms. The Kier molecular flexibility index (Phi) is 2.85. The Labute approximate surface area is 97.1 Å². The van der Waals surface area contributed by atoms with Crippen molar-refractivity contribution in [3.05, 3.63) is 29.6 Å². The van der Waals surface area contributed by atoms with Crippen molar-refractivity contribution in [2.24, 2.45) is 7.05 Å². The fourth-order valence-corrected chi connectivity index (χ4v) is 1.96. The predicted octanol–water partition coefficient (Wildman–Crippen LogP) is 3.54. The molecule has 92 valence electrons. The molecule has 2 rings (SSSR count). The molecular formula is C12H13F3N2. The van der Waals surface area contributed by atoms with Crippen LogP contribution in [0.25, 0.3) is 11.0 Å². The minimum Gasteiger partial charge on any atom is -0.335 e. The summed E-state index contributed by atoms with van der Waals surface area (Å²) in [7, 11) is 1.72. The van der Waals surface area contributed by atoms with Crippen LogP contribution in [0.5, 0.6) is 0 Å². The quantitative estimate of drug-likeness (QED) is 0.787. The maximum Gasteiger partial charge on any atom is 0.433 e. The Bertz CT molecular complexity index is 540. The van der Waals surface area contributed by atoms with Gasteiger partial charge in [-0.05, 0) is 24.1 Å². The van der Waals surface area contributed by atoms with E-state index in [1.165, 1.54) is 6.07 Å². The molecule has 0 aliphatic carbocycles. The zero-order valence-corrected chi connectivity index (χ0v) is 9.67. The van der Waals surface area contributed by atoms with E-state index in [0.717, 1.165) is 29.9 Å². The molecule has 2 heterocycles. The number of halogens is 3. The van der Waals surface area contributed by atoms with Crippen molar-refractivity contribution in [1.82, 2.24) is 9.55 Å². The topological polar surface area (TPSA) is 17.8 Å². The average molecular weight is 242 g/mol. The number of rotatable bonds is 2. The Morgan fingerprint density at radius 3 is 2.59 bits per heavy atom. The lowest BCUT2D eigenvalue weighted by Gasteiger charge is -2.05. The van der Waals surface area contributed by atoms with Gasteiger partial charge >= 0.3 is 6.18 Å². The molecular weight excluding hydrogens is 229 g/mol. The molecule has 2 aromatic rings. The molecule has 2 nitrogen and oxygen atoms in total. The van der Waals surface area contributed by atoms with Crippen molar-refractivity contribution in [3.63, 3.8) is 0 Å². The van der Waals surface area contributed by atoms with E-state index >= 15 is 0 Å². The van der Waals surface area contributed by atoms with Crippen molar-refractivity contribution in [3.8, 4) is 0 Å². The van der Waals surface area contributed by atoms with Crippen molar-refractivity contribution >= 4 is 11.0 Å². The SMILES string of the molecule is CCCc1cn(C)c2nc(C(F)(F)F)ccc12. The minimum absolute atomic E-state index is 0.392. The van der Waals surface area contributed by atoms with Crippen LogP contribution in [0.1, 0.15) is 24.6 Å². The molecule has 0 aliphatic heterocycles. The van der Waals surface area contributed by atoms with Crippen LogP contribution in [0.15, 0.2) is 18.3 Å². The number of alkyl halides is 3. The summed E-state index contributed by atoms with van der Waals surface area (Å²) in [6.07, 6.45) is -0.727. The van der Waals surface area contributed by atoms with Gasteiger partial charge in [-0.2, -0.15) is 13.2 Å². The molecule has 0 saturated carbocycles. The standard InChI is InChI=1S/C12H13F3N2/c1-3-4-8-7-17(2)11-9(8)5-6-10(16-11)12(13,14)15/h5-7H,3-4H2,1-2H3. The third kappa shape index (κ3) is 2.14. The van der Waals surface area contributed by atoms with E-state index in [4.69, 9.17) is 0 Å². The first-order valence-electron chi connectivity index (χ1n) is 5.45. The Morgan fingerprint density at radius 1 is 1.29 bits per heavy atom. The van der Waals surface area contributed by atoms with Crippen LogP contribution < -0.4 is 0 Å². The second kappa shape index (κ2) is 4.05. The van der Waals surface area contributed by atoms with Gasteiger partial charge in [-0.1, -0.05) is 13.3 Å². The van der Waals surface area contributed by atoms with Gasteiger partial charge in [0.25, 0.3) is 0 Å². The lowest BCUT2D eigenvalue weighted by atomic mass is 10.1. The van der Waals surface area contributed by atoms with Crippen molar-refractivity contribution in [1.29, 1.82) is 0 Å². The molecule has 0 atom stereocenters. The molecule has 5 heteroatoms. The molecule has 0 radical (unpaired) electrons. The zero-order chi connectivity index (χ0) is 12.6. The fourth-order valence-electron chi connectivity index (χ4n) is 1.96. The van der Waals surface area contributed by atoms with Crippen LogP contribution in [0.2, 0.25) is 0 Å². The number of pyridine rings is 1. The van der Waals surface area contributed by atoms with E-state index in [0.29, 0.717) is 5.65 Å². The summed E-state index contributed by atoms with van der Waals surface area (Å²) < 4.78 is 39.2. The van der Waals surface area contributed by atoms with Gasteiger partial charge in [-0.3, -0.25) is 0 Å². The van der Waals surface area contributed by atoms with Crippen molar-refractivity contribution < 1.29 is 13.2 Å². The highest BCUT2D eigenvalue weighted by atomic mass is 19.4. The molecule has 0 bridgehead atoms. The highest BCUT2D eigenvalue weighted by Crippen LogP contribution is 2.30. The number of aromatic nitrogens is 2. The molecule has 2 aromatic heterocycles. The predicted molar refractivity (Wildman–Crippen MR) is 59.7 cm³/mol. The normalized spacial score (nSPS) is 12.3. The summed E-state index contributed by atoms with van der Waals surface area (Å²) in [5.41, 5.74) is 0.601. The van der Waals surface area contributed by atoms with Gasteiger partial charge in [0.05, 0.1) is 0 Å². The van der Waals surface area contributed by atoms with E-state index in [2.05, 4.69) is 4.98 Å². The average Bonchev–Trinajstić information content (AvgIpc) is 2.55. The number of aryl methyl sites for hydroxylation is 2. The molecule has 0 unspecified atom stereocenters. The van der Waals surface area contributed by atoms with Crippen LogP contribution in [0.3, 0.4) is 0 Å². The largest absolute Gasteiger partial charge is 0.433 e. The molecule has 0 fully saturated rings. The van der Waals surface area contributed by atoms with E-state index in [1.54, 1.807) is 11.6 Å². The first-order chi connectivity index (χ1) is 7.93. The number of nitrogens with zero attached hydrogens (tertiary/aromatic N) is 2. The fraction of sp³-hybridized carbons (Fsp3) is 0.417. The zero-order valence-electron chi connectivity index (χ0n) is 9.67. The lowest BCUT2D eigenvalue weighted by Crippen LogP contribution is -2.08. The van der Waals surface area contributed by atoms with E-state index in [-0.39, 0.29) is 0 Å². The highest BCUT2D eigenvalue weighted by Gasteiger charge is 2.32. The molecule has 0 aliphatic rings. The summed E-state index contributed by atoms with van der Waals surface area (Å²) in [6.45, 7) is 2.04. The smallest absolute Gasteiger partial charge is 0.335 e. The summed E-state index contributed by atoms with van der Waals surface area (Å²) in [6, 6.07) is 2.55. The van der Waals surface area contributed by atoms with E-state index in [1.807, 2.05) is 13.1 Å². The van der Waals surface area contributed by atoms with Crippen LogP contribution >= 0.6 is 0 Å². The summed E-state index contributed by atoms with van der Waals surface area (Å²) in [5, 5.41) is 0.808. The van der Waals surface area contributed by atoms with Gasteiger partial charge in [0.2, 0.25) is 0 Å². The van der Waals surface area contributed by atoms with Gasteiger partial charge in [0.1, 0.15) is 11.3 Å². The molecule has 17 heavy (non-hydrogen) atoms.